The molecule has 0 bridgehead atoms. The predicted octanol–water partition coefficient (Wildman–Crippen LogP) is 1.95. The molecule has 2 rings (SSSR count). The van der Waals surface area contributed by atoms with E-state index >= 15 is 0 Å². The summed E-state index contributed by atoms with van der Waals surface area (Å²) in [6.45, 7) is 6.62. The summed E-state index contributed by atoms with van der Waals surface area (Å²) in [7, 11) is -3.49. The van der Waals surface area contributed by atoms with Crippen LogP contribution in [0, 0.1) is 5.82 Å². The molecule has 0 aromatic heterocycles. The molecule has 1 saturated carbocycles. The number of amides is 1. The first-order valence-corrected chi connectivity index (χ1v) is 9.86. The lowest BCUT2D eigenvalue weighted by atomic mass is 10.1. The molecule has 140 valence electrons. The number of hydrogen-bond donors (Lipinski definition) is 2. The number of carbonyl (C=O) groups is 1. The van der Waals surface area contributed by atoms with Crippen LogP contribution in [0.2, 0.25) is 0 Å². The third-order valence-corrected chi connectivity index (χ3v) is 6.62. The van der Waals surface area contributed by atoms with Crippen molar-refractivity contribution < 1.29 is 22.3 Å². The van der Waals surface area contributed by atoms with Gasteiger partial charge in [0.05, 0.1) is 10.8 Å². The largest absolute Gasteiger partial charge is 0.444 e. The zero-order valence-electron chi connectivity index (χ0n) is 14.9. The normalized spacial score (nSPS) is 26.2. The molecule has 0 aliphatic heterocycles. The maximum Gasteiger partial charge on any atom is 0.408 e. The molecule has 6 nitrogen and oxygen atoms in total. The Morgan fingerprint density at radius 1 is 1.32 bits per heavy atom. The van der Waals surface area contributed by atoms with Gasteiger partial charge < -0.3 is 15.8 Å². The van der Waals surface area contributed by atoms with Crippen LogP contribution in [0.25, 0.3) is 0 Å². The summed E-state index contributed by atoms with van der Waals surface area (Å²) in [5.41, 5.74) is 4.61. The standard InChI is InChI=1S/C17H25FN2O4S/c1-5-25(22,23)14-13(11-6-8-12(18)9-7-11)17(14,10-19)20-15(21)24-16(2,3)4/h6-9,13-14H,5,10,19H2,1-4H3,(H,20,21). The van der Waals surface area contributed by atoms with Crippen molar-refractivity contribution in [3.8, 4) is 0 Å². The molecule has 1 fully saturated rings. The van der Waals surface area contributed by atoms with E-state index in [2.05, 4.69) is 5.32 Å². The maximum atomic E-state index is 13.2. The van der Waals surface area contributed by atoms with Crippen LogP contribution < -0.4 is 11.1 Å². The Morgan fingerprint density at radius 3 is 2.32 bits per heavy atom. The van der Waals surface area contributed by atoms with E-state index in [-0.39, 0.29) is 12.3 Å². The summed E-state index contributed by atoms with van der Waals surface area (Å²) in [4.78, 5) is 12.2. The van der Waals surface area contributed by atoms with E-state index in [4.69, 9.17) is 10.5 Å². The number of hydrogen-bond acceptors (Lipinski definition) is 5. The highest BCUT2D eigenvalue weighted by Crippen LogP contribution is 2.55. The number of halogens is 1. The number of ether oxygens (including phenoxy) is 1. The highest BCUT2D eigenvalue weighted by atomic mass is 32.2. The van der Waals surface area contributed by atoms with E-state index in [1.54, 1.807) is 27.7 Å². The van der Waals surface area contributed by atoms with E-state index in [0.717, 1.165) is 0 Å². The van der Waals surface area contributed by atoms with E-state index < -0.39 is 44.1 Å². The number of sulfone groups is 1. The average molecular weight is 372 g/mol. The minimum absolute atomic E-state index is 0.0712. The van der Waals surface area contributed by atoms with Crippen LogP contribution in [0.5, 0.6) is 0 Å². The fourth-order valence-electron chi connectivity index (χ4n) is 3.19. The number of nitrogens with two attached hydrogens (primary N) is 1. The highest BCUT2D eigenvalue weighted by Gasteiger charge is 2.71. The van der Waals surface area contributed by atoms with Gasteiger partial charge in [0.25, 0.3) is 0 Å². The number of nitrogens with one attached hydrogen (secondary N) is 1. The fourth-order valence-corrected chi connectivity index (χ4v) is 5.23. The lowest BCUT2D eigenvalue weighted by Crippen LogP contribution is -2.49. The molecular weight excluding hydrogens is 347 g/mol. The monoisotopic (exact) mass is 372 g/mol. The Morgan fingerprint density at radius 2 is 1.88 bits per heavy atom. The number of rotatable bonds is 5. The summed E-state index contributed by atoms with van der Waals surface area (Å²) in [6.07, 6.45) is -0.723. The van der Waals surface area contributed by atoms with Crippen molar-refractivity contribution in [3.05, 3.63) is 35.6 Å². The van der Waals surface area contributed by atoms with Gasteiger partial charge in [0.2, 0.25) is 0 Å². The second kappa shape index (κ2) is 6.57. The average Bonchev–Trinajstić information content (AvgIpc) is 3.15. The molecule has 8 heteroatoms. The second-order valence-corrected chi connectivity index (χ2v) is 9.68. The van der Waals surface area contributed by atoms with Crippen LogP contribution in [0.1, 0.15) is 39.2 Å². The zero-order valence-corrected chi connectivity index (χ0v) is 15.7. The van der Waals surface area contributed by atoms with Crippen molar-refractivity contribution in [2.24, 2.45) is 5.73 Å². The van der Waals surface area contributed by atoms with Crippen molar-refractivity contribution >= 4 is 15.9 Å². The summed E-state index contributed by atoms with van der Waals surface area (Å²) in [5.74, 6) is -1.04. The molecule has 1 aromatic carbocycles. The zero-order chi connectivity index (χ0) is 19.0. The lowest BCUT2D eigenvalue weighted by Gasteiger charge is -2.24. The number of alkyl carbamates (subject to hydrolysis) is 1. The minimum Gasteiger partial charge on any atom is -0.444 e. The summed E-state index contributed by atoms with van der Waals surface area (Å²) < 4.78 is 43.5. The van der Waals surface area contributed by atoms with Crippen molar-refractivity contribution in [2.45, 2.75) is 50.0 Å². The van der Waals surface area contributed by atoms with Crippen LogP contribution in [-0.2, 0) is 14.6 Å². The molecule has 25 heavy (non-hydrogen) atoms. The minimum atomic E-state index is -3.49. The molecule has 0 radical (unpaired) electrons. The van der Waals surface area contributed by atoms with Gasteiger partial charge in [-0.25, -0.2) is 17.6 Å². The van der Waals surface area contributed by atoms with Gasteiger partial charge in [0.15, 0.2) is 9.84 Å². The van der Waals surface area contributed by atoms with E-state index in [1.165, 1.54) is 24.3 Å². The quantitative estimate of drug-likeness (QED) is 0.823. The molecule has 1 amide bonds. The molecule has 1 aliphatic carbocycles. The van der Waals surface area contributed by atoms with Crippen molar-refractivity contribution in [2.75, 3.05) is 12.3 Å². The fraction of sp³-hybridized carbons (Fsp3) is 0.588. The third kappa shape index (κ3) is 3.95. The lowest BCUT2D eigenvalue weighted by molar-refractivity contribution is 0.0497. The Bertz CT molecular complexity index is 743. The first-order valence-electron chi connectivity index (χ1n) is 8.15. The Labute approximate surface area is 147 Å². The van der Waals surface area contributed by atoms with Gasteiger partial charge in [-0.05, 0) is 38.5 Å². The Balaban J connectivity index is 2.38. The van der Waals surface area contributed by atoms with Crippen molar-refractivity contribution in [1.82, 2.24) is 5.32 Å². The molecule has 0 saturated heterocycles. The molecule has 3 atom stereocenters. The Kier molecular flexibility index (Phi) is 5.16. The van der Waals surface area contributed by atoms with Gasteiger partial charge in [0.1, 0.15) is 11.4 Å². The number of benzene rings is 1. The number of carbonyl (C=O) groups excluding carboxylic acids is 1. The van der Waals surface area contributed by atoms with Gasteiger partial charge in [-0.1, -0.05) is 19.1 Å². The van der Waals surface area contributed by atoms with Gasteiger partial charge >= 0.3 is 6.09 Å². The van der Waals surface area contributed by atoms with Crippen LogP contribution in [0.3, 0.4) is 0 Å². The third-order valence-electron chi connectivity index (χ3n) is 4.35. The maximum absolute atomic E-state index is 13.2. The van der Waals surface area contributed by atoms with Gasteiger partial charge in [-0.15, -0.1) is 0 Å². The molecule has 0 spiro atoms. The van der Waals surface area contributed by atoms with Crippen LogP contribution in [0.15, 0.2) is 24.3 Å². The molecular formula is C17H25FN2O4S. The summed E-state index contributed by atoms with van der Waals surface area (Å²) >= 11 is 0. The molecule has 1 aliphatic rings. The first-order chi connectivity index (χ1) is 11.5. The highest BCUT2D eigenvalue weighted by molar-refractivity contribution is 7.92. The molecule has 3 unspecified atom stereocenters. The van der Waals surface area contributed by atoms with Crippen LogP contribution >= 0.6 is 0 Å². The van der Waals surface area contributed by atoms with E-state index in [1.807, 2.05) is 0 Å². The molecule has 1 aromatic rings. The van der Waals surface area contributed by atoms with Crippen molar-refractivity contribution in [1.29, 1.82) is 0 Å². The van der Waals surface area contributed by atoms with Gasteiger partial charge in [-0.3, -0.25) is 0 Å². The topological polar surface area (TPSA) is 98.5 Å². The molecule has 3 N–H and O–H groups in total. The molecule has 0 heterocycles. The van der Waals surface area contributed by atoms with Crippen molar-refractivity contribution in [3.63, 3.8) is 0 Å². The first kappa shape index (κ1) is 19.7. The predicted molar refractivity (Wildman–Crippen MR) is 93.5 cm³/mol. The van der Waals surface area contributed by atoms with Gasteiger partial charge in [0, 0.05) is 18.2 Å². The van der Waals surface area contributed by atoms with E-state index in [0.29, 0.717) is 5.56 Å². The Hall–Kier alpha value is -1.67. The summed E-state index contributed by atoms with van der Waals surface area (Å²) in [6, 6.07) is 5.56. The van der Waals surface area contributed by atoms with Crippen LogP contribution in [-0.4, -0.2) is 43.2 Å². The smallest absolute Gasteiger partial charge is 0.408 e. The second-order valence-electron chi connectivity index (χ2n) is 7.27. The van der Waals surface area contributed by atoms with Gasteiger partial charge in [-0.2, -0.15) is 0 Å². The van der Waals surface area contributed by atoms with Crippen LogP contribution in [0.4, 0.5) is 9.18 Å². The summed E-state index contributed by atoms with van der Waals surface area (Å²) in [5, 5.41) is 1.80. The van der Waals surface area contributed by atoms with E-state index in [9.17, 15) is 17.6 Å². The SMILES string of the molecule is CCS(=O)(=O)C1C(c2ccc(F)cc2)C1(CN)NC(=O)OC(C)(C)C.